The lowest BCUT2D eigenvalue weighted by Gasteiger charge is -2.09. The van der Waals surface area contributed by atoms with Gasteiger partial charge >= 0.3 is 0 Å². The molecule has 0 aliphatic heterocycles. The molecule has 0 aliphatic carbocycles. The fourth-order valence-corrected chi connectivity index (χ4v) is 3.58. The molecule has 0 fully saturated rings. The molecule has 0 aliphatic rings. The van der Waals surface area contributed by atoms with Gasteiger partial charge in [0.25, 0.3) is 0 Å². The summed E-state index contributed by atoms with van der Waals surface area (Å²) in [4.78, 5) is 0.0489. The zero-order valence-corrected chi connectivity index (χ0v) is 12.4. The van der Waals surface area contributed by atoms with E-state index in [1.54, 1.807) is 30.3 Å². The number of hydrogen-bond donors (Lipinski definition) is 1. The third-order valence-corrected chi connectivity index (χ3v) is 4.77. The zero-order chi connectivity index (χ0) is 14.8. The SMILES string of the molecule is COc1cccc(CS(=O)(=O)c2cc(Cl)ccc2N)c1. The molecule has 0 aromatic heterocycles. The van der Waals surface area contributed by atoms with E-state index in [-0.39, 0.29) is 16.3 Å². The Hall–Kier alpha value is -1.72. The molecule has 0 saturated carbocycles. The lowest BCUT2D eigenvalue weighted by atomic mass is 10.2. The quantitative estimate of drug-likeness (QED) is 0.881. The monoisotopic (exact) mass is 311 g/mol. The standard InChI is InChI=1S/C14H14ClNO3S/c1-19-12-4-2-3-10(7-12)9-20(17,18)14-8-11(15)5-6-13(14)16/h2-8H,9,16H2,1H3. The Morgan fingerprint density at radius 1 is 1.20 bits per heavy atom. The Labute approximate surface area is 123 Å². The molecule has 2 aromatic carbocycles. The Balaban J connectivity index is 2.38. The Morgan fingerprint density at radius 3 is 2.65 bits per heavy atom. The van der Waals surface area contributed by atoms with Gasteiger partial charge in [0, 0.05) is 5.02 Å². The highest BCUT2D eigenvalue weighted by Crippen LogP contribution is 2.26. The summed E-state index contributed by atoms with van der Waals surface area (Å²) in [6.45, 7) is 0. The van der Waals surface area contributed by atoms with E-state index in [0.717, 1.165) is 0 Å². The lowest BCUT2D eigenvalue weighted by molar-refractivity contribution is 0.414. The van der Waals surface area contributed by atoms with Gasteiger partial charge in [-0.05, 0) is 35.9 Å². The Morgan fingerprint density at radius 2 is 1.95 bits per heavy atom. The first-order chi connectivity index (χ1) is 9.42. The topological polar surface area (TPSA) is 69.4 Å². The second kappa shape index (κ2) is 5.73. The number of rotatable bonds is 4. The van der Waals surface area contributed by atoms with Gasteiger partial charge in [-0.25, -0.2) is 8.42 Å². The molecular weight excluding hydrogens is 298 g/mol. The summed E-state index contributed by atoms with van der Waals surface area (Å²) in [6, 6.07) is 11.3. The average Bonchev–Trinajstić information content (AvgIpc) is 2.41. The van der Waals surface area contributed by atoms with Crippen LogP contribution in [-0.2, 0) is 15.6 Å². The number of anilines is 1. The van der Waals surface area contributed by atoms with Gasteiger partial charge in [0.1, 0.15) is 5.75 Å². The molecule has 0 amide bonds. The highest BCUT2D eigenvalue weighted by molar-refractivity contribution is 7.90. The van der Waals surface area contributed by atoms with Crippen LogP contribution in [0.3, 0.4) is 0 Å². The lowest BCUT2D eigenvalue weighted by Crippen LogP contribution is -2.08. The minimum absolute atomic E-state index is 0.0489. The van der Waals surface area contributed by atoms with E-state index in [9.17, 15) is 8.42 Å². The van der Waals surface area contributed by atoms with E-state index in [1.807, 2.05) is 0 Å². The summed E-state index contributed by atoms with van der Waals surface area (Å²) >= 11 is 5.83. The summed E-state index contributed by atoms with van der Waals surface area (Å²) in [7, 11) is -2.03. The van der Waals surface area contributed by atoms with Gasteiger partial charge in [-0.2, -0.15) is 0 Å². The van der Waals surface area contributed by atoms with Crippen LogP contribution in [-0.4, -0.2) is 15.5 Å². The van der Waals surface area contributed by atoms with Crippen LogP contribution in [0.4, 0.5) is 5.69 Å². The van der Waals surface area contributed by atoms with Crippen molar-refractivity contribution in [2.75, 3.05) is 12.8 Å². The van der Waals surface area contributed by atoms with Gasteiger partial charge in [-0.15, -0.1) is 0 Å². The highest BCUT2D eigenvalue weighted by atomic mass is 35.5. The zero-order valence-electron chi connectivity index (χ0n) is 10.8. The normalized spacial score (nSPS) is 11.3. The van der Waals surface area contributed by atoms with Gasteiger partial charge < -0.3 is 10.5 Å². The third-order valence-electron chi connectivity index (χ3n) is 2.80. The number of ether oxygens (including phenoxy) is 1. The number of methoxy groups -OCH3 is 1. The van der Waals surface area contributed by atoms with Crippen molar-refractivity contribution in [2.45, 2.75) is 10.6 Å². The summed E-state index contributed by atoms with van der Waals surface area (Å²) in [5.41, 5.74) is 6.54. The molecule has 6 heteroatoms. The highest BCUT2D eigenvalue weighted by Gasteiger charge is 2.19. The van der Waals surface area contributed by atoms with Crippen molar-refractivity contribution >= 4 is 27.1 Å². The minimum atomic E-state index is -3.56. The number of nitrogens with two attached hydrogens (primary N) is 1. The van der Waals surface area contributed by atoms with Crippen LogP contribution in [0.25, 0.3) is 0 Å². The van der Waals surface area contributed by atoms with E-state index in [4.69, 9.17) is 22.1 Å². The third kappa shape index (κ3) is 3.23. The minimum Gasteiger partial charge on any atom is -0.497 e. The molecule has 0 radical (unpaired) electrons. The number of sulfone groups is 1. The fraction of sp³-hybridized carbons (Fsp3) is 0.143. The van der Waals surface area contributed by atoms with Crippen LogP contribution in [0.1, 0.15) is 5.56 Å². The van der Waals surface area contributed by atoms with E-state index >= 15 is 0 Å². The second-order valence-corrected chi connectivity index (χ2v) is 6.69. The molecule has 4 nitrogen and oxygen atoms in total. The van der Waals surface area contributed by atoms with E-state index in [1.165, 1.54) is 19.2 Å². The number of halogens is 1. The summed E-state index contributed by atoms with van der Waals surface area (Å²) in [6.07, 6.45) is 0. The molecule has 0 spiro atoms. The van der Waals surface area contributed by atoms with Crippen molar-refractivity contribution in [3.63, 3.8) is 0 Å². The van der Waals surface area contributed by atoms with Gasteiger partial charge in [-0.3, -0.25) is 0 Å². The van der Waals surface area contributed by atoms with Crippen molar-refractivity contribution in [1.82, 2.24) is 0 Å². The molecule has 0 heterocycles. The Kier molecular flexibility index (Phi) is 4.20. The number of nitrogen functional groups attached to an aromatic ring is 1. The molecule has 0 atom stereocenters. The van der Waals surface area contributed by atoms with Gasteiger partial charge in [0.05, 0.1) is 23.4 Å². The largest absolute Gasteiger partial charge is 0.497 e. The van der Waals surface area contributed by atoms with Crippen molar-refractivity contribution in [3.05, 3.63) is 53.1 Å². The predicted molar refractivity (Wildman–Crippen MR) is 79.7 cm³/mol. The van der Waals surface area contributed by atoms with Crippen LogP contribution in [0.2, 0.25) is 5.02 Å². The molecule has 20 heavy (non-hydrogen) atoms. The summed E-state index contributed by atoms with van der Waals surface area (Å²) < 4.78 is 29.9. The van der Waals surface area contributed by atoms with Gasteiger partial charge in [0.2, 0.25) is 0 Å². The molecular formula is C14H14ClNO3S. The molecule has 2 aromatic rings. The van der Waals surface area contributed by atoms with Crippen LogP contribution >= 0.6 is 11.6 Å². The first kappa shape index (κ1) is 14.7. The maximum Gasteiger partial charge on any atom is 0.184 e. The molecule has 0 saturated heterocycles. The predicted octanol–water partition coefficient (Wildman–Crippen LogP) is 2.90. The van der Waals surface area contributed by atoms with Crippen LogP contribution in [0, 0.1) is 0 Å². The van der Waals surface area contributed by atoms with Crippen LogP contribution < -0.4 is 10.5 Å². The van der Waals surface area contributed by atoms with Crippen molar-refractivity contribution in [1.29, 1.82) is 0 Å². The molecule has 0 bridgehead atoms. The van der Waals surface area contributed by atoms with E-state index in [0.29, 0.717) is 16.3 Å². The van der Waals surface area contributed by atoms with E-state index < -0.39 is 9.84 Å². The molecule has 0 unspecified atom stereocenters. The maximum absolute atomic E-state index is 12.4. The smallest absolute Gasteiger partial charge is 0.184 e. The van der Waals surface area contributed by atoms with Gasteiger partial charge in [-0.1, -0.05) is 23.7 Å². The van der Waals surface area contributed by atoms with Crippen molar-refractivity contribution in [2.24, 2.45) is 0 Å². The van der Waals surface area contributed by atoms with Crippen molar-refractivity contribution < 1.29 is 13.2 Å². The first-order valence-corrected chi connectivity index (χ1v) is 7.86. The number of hydrogen-bond acceptors (Lipinski definition) is 4. The average molecular weight is 312 g/mol. The Bertz CT molecular complexity index is 729. The first-order valence-electron chi connectivity index (χ1n) is 5.83. The molecule has 106 valence electrons. The maximum atomic E-state index is 12.4. The second-order valence-electron chi connectivity index (χ2n) is 4.29. The van der Waals surface area contributed by atoms with Gasteiger partial charge in [0.15, 0.2) is 9.84 Å². The van der Waals surface area contributed by atoms with Crippen molar-refractivity contribution in [3.8, 4) is 5.75 Å². The van der Waals surface area contributed by atoms with Crippen LogP contribution in [0.15, 0.2) is 47.4 Å². The number of benzene rings is 2. The summed E-state index contributed by atoms with van der Waals surface area (Å²) in [5, 5.41) is 0.336. The molecule has 2 N–H and O–H groups in total. The fourth-order valence-electron chi connectivity index (χ4n) is 1.84. The van der Waals surface area contributed by atoms with Crippen LogP contribution in [0.5, 0.6) is 5.75 Å². The molecule has 2 rings (SSSR count). The van der Waals surface area contributed by atoms with E-state index in [2.05, 4.69) is 0 Å². The summed E-state index contributed by atoms with van der Waals surface area (Å²) in [5.74, 6) is 0.450.